The smallest absolute Gasteiger partial charge is 0.361 e. The minimum absolute atomic E-state index is 0.282. The van der Waals surface area contributed by atoms with Crippen LogP contribution in [0.2, 0.25) is 0 Å². The average molecular weight is 192 g/mol. The summed E-state index contributed by atoms with van der Waals surface area (Å²) in [6, 6.07) is 0. The molecule has 0 radical (unpaired) electrons. The summed E-state index contributed by atoms with van der Waals surface area (Å²) in [5, 5.41) is 0. The van der Waals surface area contributed by atoms with E-state index in [4.69, 9.17) is 5.53 Å². The van der Waals surface area contributed by atoms with Gasteiger partial charge in [-0.1, -0.05) is 0 Å². The molecule has 0 amide bonds. The number of rotatable bonds is 5. The van der Waals surface area contributed by atoms with Crippen LogP contribution in [0.25, 0.3) is 5.53 Å². The molecule has 0 aliphatic rings. The first-order valence-electron chi connectivity index (χ1n) is 3.01. The number of nitrogens with zero attached hydrogens (tertiary/aromatic N) is 2. The van der Waals surface area contributed by atoms with E-state index in [-0.39, 0.29) is 11.9 Å². The summed E-state index contributed by atoms with van der Waals surface area (Å²) in [4.78, 5) is 12.7. The van der Waals surface area contributed by atoms with Gasteiger partial charge < -0.3 is 19.4 Å². The normalized spacial score (nSPS) is 10.5. The van der Waals surface area contributed by atoms with Gasteiger partial charge in [0.05, 0.1) is 0 Å². The van der Waals surface area contributed by atoms with Crippen LogP contribution in [0.3, 0.4) is 0 Å². The molecule has 0 bridgehead atoms. The van der Waals surface area contributed by atoms with Crippen LogP contribution in [0.5, 0.6) is 0 Å². The monoisotopic (exact) mass is 192 g/mol. The summed E-state index contributed by atoms with van der Waals surface area (Å²) in [5.41, 5.74) is 8.05. The van der Waals surface area contributed by atoms with E-state index in [1.54, 1.807) is 0 Å². The van der Waals surface area contributed by atoms with Gasteiger partial charge in [-0.3, -0.25) is 0 Å². The Bertz CT molecular complexity index is 250. The molecule has 0 aromatic rings. The molecule has 0 rings (SSSR count). The zero-order chi connectivity index (χ0) is 9.61. The van der Waals surface area contributed by atoms with Gasteiger partial charge in [0.1, 0.15) is 12.7 Å². The largest absolute Gasteiger partial charge is 0.437 e. The molecule has 6 nitrogen and oxygen atoms in total. The molecule has 0 N–H and O–H groups in total. The highest BCUT2D eigenvalue weighted by atomic mass is 31.2. The lowest BCUT2D eigenvalue weighted by atomic mass is 10.5. The van der Waals surface area contributed by atoms with Crippen LogP contribution in [0.15, 0.2) is 0 Å². The molecule has 7 heteroatoms. The summed E-state index contributed by atoms with van der Waals surface area (Å²) >= 11 is 0. The second-order valence-corrected chi connectivity index (χ2v) is 3.99. The molecule has 68 valence electrons. The predicted molar refractivity (Wildman–Crippen MR) is 40.9 cm³/mol. The van der Waals surface area contributed by atoms with Crippen LogP contribution in [0.1, 0.15) is 6.42 Å². The standard InChI is InChI=1S/C5H9N2O4P/c1-10-12(9,11-2)5(7-6)3-4-8/h4H,3H2,1-2H3. The molecule has 0 spiro atoms. The highest BCUT2D eigenvalue weighted by Gasteiger charge is 2.37. The Morgan fingerprint density at radius 3 is 2.33 bits per heavy atom. The summed E-state index contributed by atoms with van der Waals surface area (Å²) in [6.45, 7) is 0. The number of hydrogen-bond donors (Lipinski definition) is 0. The van der Waals surface area contributed by atoms with Crippen molar-refractivity contribution < 1.29 is 23.2 Å². The van der Waals surface area contributed by atoms with Crippen molar-refractivity contribution in [3.63, 3.8) is 0 Å². The van der Waals surface area contributed by atoms with Crippen molar-refractivity contribution in [2.75, 3.05) is 14.2 Å². The molecule has 0 atom stereocenters. The van der Waals surface area contributed by atoms with E-state index >= 15 is 0 Å². The van der Waals surface area contributed by atoms with Crippen molar-refractivity contribution in [2.45, 2.75) is 6.42 Å². The second kappa shape index (κ2) is 4.95. The average Bonchev–Trinajstić information content (AvgIpc) is 2.13. The summed E-state index contributed by atoms with van der Waals surface area (Å²) in [5.74, 6) is 0. The fraction of sp³-hybridized carbons (Fsp3) is 0.600. The maximum absolute atomic E-state index is 11.4. The predicted octanol–water partition coefficient (Wildman–Crippen LogP) is 0.690. The third-order valence-electron chi connectivity index (χ3n) is 1.18. The van der Waals surface area contributed by atoms with E-state index in [0.29, 0.717) is 6.29 Å². The van der Waals surface area contributed by atoms with Crippen LogP contribution in [0.4, 0.5) is 0 Å². The second-order valence-electron chi connectivity index (χ2n) is 1.75. The molecular formula is C5H9N2O4P. The van der Waals surface area contributed by atoms with E-state index < -0.39 is 7.60 Å². The van der Waals surface area contributed by atoms with Gasteiger partial charge in [-0.15, -0.1) is 0 Å². The van der Waals surface area contributed by atoms with Crippen molar-refractivity contribution in [2.24, 2.45) is 0 Å². The minimum Gasteiger partial charge on any atom is -0.361 e. The molecule has 0 fully saturated rings. The fourth-order valence-corrected chi connectivity index (χ4v) is 1.55. The molecule has 0 aliphatic heterocycles. The van der Waals surface area contributed by atoms with Gasteiger partial charge in [0.15, 0.2) is 0 Å². The van der Waals surface area contributed by atoms with Crippen LogP contribution in [-0.2, 0) is 18.4 Å². The Balaban J connectivity index is 4.82. The van der Waals surface area contributed by atoms with Gasteiger partial charge >= 0.3 is 13.0 Å². The quantitative estimate of drug-likeness (QED) is 0.211. The van der Waals surface area contributed by atoms with Crippen LogP contribution in [-0.4, -0.2) is 30.7 Å². The third kappa shape index (κ3) is 2.36. The molecule has 0 aromatic heterocycles. The van der Waals surface area contributed by atoms with Crippen LogP contribution in [0, 0.1) is 0 Å². The van der Waals surface area contributed by atoms with Gasteiger partial charge in [-0.2, -0.15) is 4.79 Å². The van der Waals surface area contributed by atoms with Crippen molar-refractivity contribution in [3.05, 3.63) is 5.53 Å². The molecule has 0 heterocycles. The first-order valence-corrected chi connectivity index (χ1v) is 4.55. The molecular weight excluding hydrogens is 183 g/mol. The molecule has 0 saturated heterocycles. The molecule has 0 saturated carbocycles. The molecule has 0 aromatic carbocycles. The zero-order valence-electron chi connectivity index (χ0n) is 6.76. The van der Waals surface area contributed by atoms with E-state index in [2.05, 4.69) is 13.8 Å². The number of aldehydes is 1. The Morgan fingerprint density at radius 1 is 1.58 bits per heavy atom. The Hall–Kier alpha value is -0.800. The number of carbonyl (C=O) groups is 1. The topological polar surface area (TPSA) is 89.0 Å². The fourth-order valence-electron chi connectivity index (χ4n) is 0.567. The first kappa shape index (κ1) is 11.2. The Morgan fingerprint density at radius 2 is 2.08 bits per heavy atom. The lowest BCUT2D eigenvalue weighted by Gasteiger charge is -2.06. The Kier molecular flexibility index (Phi) is 4.62. The van der Waals surface area contributed by atoms with Crippen LogP contribution >= 0.6 is 7.60 Å². The summed E-state index contributed by atoms with van der Waals surface area (Å²) in [6.07, 6.45) is 0.162. The maximum Gasteiger partial charge on any atom is 0.437 e. The van der Waals surface area contributed by atoms with Gasteiger partial charge in [0, 0.05) is 14.2 Å². The van der Waals surface area contributed by atoms with Gasteiger partial charge in [-0.25, -0.2) is 4.57 Å². The van der Waals surface area contributed by atoms with Gasteiger partial charge in [0.25, 0.3) is 0 Å². The van der Waals surface area contributed by atoms with Gasteiger partial charge in [-0.05, 0) is 0 Å². The van der Waals surface area contributed by atoms with E-state index in [1.807, 2.05) is 0 Å². The third-order valence-corrected chi connectivity index (χ3v) is 3.04. The molecule has 0 unspecified atom stereocenters. The lowest BCUT2D eigenvalue weighted by molar-refractivity contribution is -0.107. The highest BCUT2D eigenvalue weighted by Crippen LogP contribution is 2.47. The van der Waals surface area contributed by atoms with Crippen molar-refractivity contribution in [3.8, 4) is 0 Å². The van der Waals surface area contributed by atoms with Crippen LogP contribution < -0.4 is 0 Å². The lowest BCUT2D eigenvalue weighted by Crippen LogP contribution is -2.05. The summed E-state index contributed by atoms with van der Waals surface area (Å²) < 4.78 is 20.3. The molecule has 0 aliphatic carbocycles. The van der Waals surface area contributed by atoms with E-state index in [1.165, 1.54) is 0 Å². The van der Waals surface area contributed by atoms with Crippen molar-refractivity contribution in [1.29, 1.82) is 0 Å². The van der Waals surface area contributed by atoms with Crippen molar-refractivity contribution >= 4 is 19.3 Å². The first-order chi connectivity index (χ1) is 5.64. The highest BCUT2D eigenvalue weighted by molar-refractivity contribution is 7.71. The maximum atomic E-state index is 11.4. The SMILES string of the molecule is COP(=O)(OC)C(CC=O)=[N+]=[N-]. The minimum atomic E-state index is -3.54. The molecule has 12 heavy (non-hydrogen) atoms. The summed E-state index contributed by atoms with van der Waals surface area (Å²) in [7, 11) is -1.26. The van der Waals surface area contributed by atoms with E-state index in [9.17, 15) is 9.36 Å². The number of carbonyl (C=O) groups excluding carboxylic acids is 1. The van der Waals surface area contributed by atoms with E-state index in [0.717, 1.165) is 14.2 Å². The number of hydrogen-bond acceptors (Lipinski definition) is 4. The van der Waals surface area contributed by atoms with Crippen molar-refractivity contribution in [1.82, 2.24) is 0 Å². The van der Waals surface area contributed by atoms with Gasteiger partial charge in [0.2, 0.25) is 0 Å². The Labute approximate surface area is 69.6 Å². The zero-order valence-corrected chi connectivity index (χ0v) is 7.65.